The Morgan fingerprint density at radius 1 is 1.06 bits per heavy atom. The molecule has 0 fully saturated rings. The summed E-state index contributed by atoms with van der Waals surface area (Å²) in [6, 6.07) is 25.3. The molecule has 1 N–H and O–H groups in total. The number of fused-ring (bicyclic) bond motifs is 1. The van der Waals surface area contributed by atoms with Gasteiger partial charge in [0.25, 0.3) is 0 Å². The summed E-state index contributed by atoms with van der Waals surface area (Å²) in [6.07, 6.45) is 1.08. The van der Waals surface area contributed by atoms with Crippen LogP contribution in [0.3, 0.4) is 0 Å². The highest BCUT2D eigenvalue weighted by atomic mass is 16.5. The van der Waals surface area contributed by atoms with Crippen molar-refractivity contribution < 1.29 is 19.1 Å². The molecule has 0 radical (unpaired) electrons. The van der Waals surface area contributed by atoms with Crippen molar-refractivity contribution in [2.75, 3.05) is 6.61 Å². The zero-order chi connectivity index (χ0) is 24.2. The lowest BCUT2D eigenvalue weighted by molar-refractivity contribution is -0.144. The highest BCUT2D eigenvalue weighted by Crippen LogP contribution is 2.29. The van der Waals surface area contributed by atoms with Crippen molar-refractivity contribution in [1.29, 1.82) is 0 Å². The maximum atomic E-state index is 12.0. The van der Waals surface area contributed by atoms with Crippen LogP contribution in [0.4, 0.5) is 0 Å². The third kappa shape index (κ3) is 5.28. The van der Waals surface area contributed by atoms with Crippen LogP contribution >= 0.6 is 0 Å². The third-order valence-corrected chi connectivity index (χ3v) is 6.44. The molecule has 1 aliphatic heterocycles. The number of aromatic nitrogens is 1. The van der Waals surface area contributed by atoms with Gasteiger partial charge in [0, 0.05) is 25.1 Å². The van der Waals surface area contributed by atoms with Crippen LogP contribution < -0.4 is 4.74 Å². The standard InChI is InChI=1S/C29H28N2O4/c1-20-26(30-28(35-20)22-10-6-3-7-11-22)14-15-34-25-13-12-23-19-31(18-21-8-4-2-5-9-21)27(29(32)33)17-24(23)16-25/h2-13,16,27H,14-15,17-19H2,1H3,(H,32,33). The number of carboxylic acid groups (broad SMARTS) is 1. The van der Waals surface area contributed by atoms with E-state index in [4.69, 9.17) is 9.15 Å². The summed E-state index contributed by atoms with van der Waals surface area (Å²) in [4.78, 5) is 18.7. The molecule has 6 heteroatoms. The number of hydrogen-bond acceptors (Lipinski definition) is 5. The van der Waals surface area contributed by atoms with E-state index >= 15 is 0 Å². The van der Waals surface area contributed by atoms with Gasteiger partial charge < -0.3 is 14.3 Å². The normalized spacial score (nSPS) is 15.5. The largest absolute Gasteiger partial charge is 0.493 e. The Hall–Kier alpha value is -3.90. The lowest BCUT2D eigenvalue weighted by atomic mass is 9.93. The molecule has 0 aliphatic carbocycles. The number of benzene rings is 3. The quantitative estimate of drug-likeness (QED) is 0.379. The summed E-state index contributed by atoms with van der Waals surface area (Å²) in [7, 11) is 0. The second-order valence-corrected chi connectivity index (χ2v) is 8.87. The van der Waals surface area contributed by atoms with E-state index in [1.54, 1.807) is 0 Å². The first-order chi connectivity index (χ1) is 17.1. The van der Waals surface area contributed by atoms with Gasteiger partial charge in [-0.25, -0.2) is 4.98 Å². The van der Waals surface area contributed by atoms with Crippen LogP contribution in [0.2, 0.25) is 0 Å². The summed E-state index contributed by atoms with van der Waals surface area (Å²) in [5, 5.41) is 9.87. The van der Waals surface area contributed by atoms with Crippen LogP contribution in [0.15, 0.2) is 83.3 Å². The van der Waals surface area contributed by atoms with Gasteiger partial charge in [0.15, 0.2) is 0 Å². The van der Waals surface area contributed by atoms with Crippen molar-refractivity contribution in [1.82, 2.24) is 9.88 Å². The number of rotatable bonds is 8. The smallest absolute Gasteiger partial charge is 0.321 e. The van der Waals surface area contributed by atoms with Crippen LogP contribution in [-0.4, -0.2) is 33.6 Å². The Labute approximate surface area is 204 Å². The average Bonchev–Trinajstić information content (AvgIpc) is 3.25. The van der Waals surface area contributed by atoms with Crippen LogP contribution in [0.5, 0.6) is 5.75 Å². The fraction of sp³-hybridized carbons (Fsp3) is 0.241. The minimum Gasteiger partial charge on any atom is -0.493 e. The van der Waals surface area contributed by atoms with Gasteiger partial charge >= 0.3 is 5.97 Å². The van der Waals surface area contributed by atoms with Gasteiger partial charge in [0.05, 0.1) is 12.3 Å². The molecule has 6 nitrogen and oxygen atoms in total. The second kappa shape index (κ2) is 10.2. The van der Waals surface area contributed by atoms with Crippen molar-refractivity contribution in [3.8, 4) is 17.2 Å². The van der Waals surface area contributed by atoms with E-state index < -0.39 is 12.0 Å². The molecule has 1 unspecified atom stereocenters. The Bertz CT molecular complexity index is 1300. The number of carboxylic acids is 1. The minimum atomic E-state index is -0.798. The highest BCUT2D eigenvalue weighted by molar-refractivity contribution is 5.74. The Morgan fingerprint density at radius 3 is 2.54 bits per heavy atom. The topological polar surface area (TPSA) is 75.8 Å². The number of aryl methyl sites for hydroxylation is 1. The Morgan fingerprint density at radius 2 is 1.80 bits per heavy atom. The predicted molar refractivity (Wildman–Crippen MR) is 133 cm³/mol. The number of aliphatic carboxylic acids is 1. The molecule has 1 atom stereocenters. The number of carbonyl (C=O) groups is 1. The van der Waals surface area contributed by atoms with Gasteiger partial charge in [-0.1, -0.05) is 54.6 Å². The van der Waals surface area contributed by atoms with E-state index in [2.05, 4.69) is 11.1 Å². The van der Waals surface area contributed by atoms with Crippen molar-refractivity contribution >= 4 is 5.97 Å². The molecule has 178 valence electrons. The van der Waals surface area contributed by atoms with E-state index in [0.717, 1.165) is 39.5 Å². The number of nitrogens with zero attached hydrogens (tertiary/aromatic N) is 2. The molecule has 0 saturated carbocycles. The first-order valence-corrected chi connectivity index (χ1v) is 11.8. The van der Waals surface area contributed by atoms with Crippen LogP contribution in [0.25, 0.3) is 11.5 Å². The highest BCUT2D eigenvalue weighted by Gasteiger charge is 2.31. The monoisotopic (exact) mass is 468 g/mol. The number of hydrogen-bond donors (Lipinski definition) is 1. The van der Waals surface area contributed by atoms with Gasteiger partial charge in [-0.3, -0.25) is 9.69 Å². The Balaban J connectivity index is 1.24. The zero-order valence-corrected chi connectivity index (χ0v) is 19.7. The predicted octanol–water partition coefficient (Wildman–Crippen LogP) is 5.28. The molecule has 0 bridgehead atoms. The fourth-order valence-corrected chi connectivity index (χ4v) is 4.56. The van der Waals surface area contributed by atoms with Gasteiger partial charge in [-0.05, 0) is 54.3 Å². The van der Waals surface area contributed by atoms with E-state index in [1.165, 1.54) is 0 Å². The van der Waals surface area contributed by atoms with E-state index in [9.17, 15) is 9.90 Å². The molecule has 35 heavy (non-hydrogen) atoms. The fourth-order valence-electron chi connectivity index (χ4n) is 4.56. The lowest BCUT2D eigenvalue weighted by Gasteiger charge is -2.34. The van der Waals surface area contributed by atoms with Crippen LogP contribution in [0, 0.1) is 6.92 Å². The summed E-state index contributed by atoms with van der Waals surface area (Å²) in [5.74, 6) is 1.36. The molecule has 1 aromatic heterocycles. The van der Waals surface area contributed by atoms with Crippen LogP contribution in [-0.2, 0) is 30.7 Å². The summed E-state index contributed by atoms with van der Waals surface area (Å²) in [5.41, 5.74) is 5.12. The lowest BCUT2D eigenvalue weighted by Crippen LogP contribution is -2.45. The molecule has 5 rings (SSSR count). The molecule has 0 saturated heterocycles. The van der Waals surface area contributed by atoms with Crippen molar-refractivity contribution in [3.05, 3.63) is 107 Å². The summed E-state index contributed by atoms with van der Waals surface area (Å²) in [6.45, 7) is 3.59. The summed E-state index contributed by atoms with van der Waals surface area (Å²) >= 11 is 0. The average molecular weight is 469 g/mol. The molecule has 2 heterocycles. The molecule has 0 spiro atoms. The maximum Gasteiger partial charge on any atom is 0.321 e. The third-order valence-electron chi connectivity index (χ3n) is 6.44. The van der Waals surface area contributed by atoms with E-state index in [0.29, 0.717) is 38.4 Å². The molecule has 1 aliphatic rings. The van der Waals surface area contributed by atoms with Gasteiger partial charge in [-0.2, -0.15) is 0 Å². The first kappa shape index (κ1) is 22.9. The van der Waals surface area contributed by atoms with Crippen molar-refractivity contribution in [2.45, 2.75) is 38.9 Å². The van der Waals surface area contributed by atoms with Gasteiger partial charge in [0.1, 0.15) is 17.6 Å². The molecular weight excluding hydrogens is 440 g/mol. The maximum absolute atomic E-state index is 12.0. The van der Waals surface area contributed by atoms with Gasteiger partial charge in [0.2, 0.25) is 5.89 Å². The molecular formula is C29H28N2O4. The second-order valence-electron chi connectivity index (χ2n) is 8.87. The Kier molecular flexibility index (Phi) is 6.64. The molecule has 3 aromatic carbocycles. The van der Waals surface area contributed by atoms with E-state index in [1.807, 2.05) is 84.6 Å². The number of ether oxygens (including phenoxy) is 1. The summed E-state index contributed by atoms with van der Waals surface area (Å²) < 4.78 is 11.9. The van der Waals surface area contributed by atoms with Gasteiger partial charge in [-0.15, -0.1) is 0 Å². The zero-order valence-electron chi connectivity index (χ0n) is 19.7. The first-order valence-electron chi connectivity index (χ1n) is 11.8. The molecule has 4 aromatic rings. The molecule has 0 amide bonds. The SMILES string of the molecule is Cc1oc(-c2ccccc2)nc1CCOc1ccc2c(c1)CC(C(=O)O)N(Cc1ccccc1)C2. The van der Waals surface area contributed by atoms with E-state index in [-0.39, 0.29) is 0 Å². The van der Waals surface area contributed by atoms with Crippen LogP contribution in [0.1, 0.15) is 28.1 Å². The number of oxazole rings is 1. The van der Waals surface area contributed by atoms with Crippen molar-refractivity contribution in [2.24, 2.45) is 0 Å². The minimum absolute atomic E-state index is 0.456. The van der Waals surface area contributed by atoms with Crippen molar-refractivity contribution in [3.63, 3.8) is 0 Å².